The molecule has 262 valence electrons. The molecule has 3 nitrogen and oxygen atoms in total. The highest BCUT2D eigenvalue weighted by Crippen LogP contribution is 2.48. The van der Waals surface area contributed by atoms with Crippen molar-refractivity contribution in [2.75, 3.05) is 4.90 Å². The molecule has 4 heteroatoms. The van der Waals surface area contributed by atoms with Crippen LogP contribution in [0.3, 0.4) is 0 Å². The molecule has 12 aromatic rings. The van der Waals surface area contributed by atoms with E-state index >= 15 is 0 Å². The second-order valence-corrected chi connectivity index (χ2v) is 15.6. The first-order valence-electron chi connectivity index (χ1n) is 19.1. The fraction of sp³-hybridized carbons (Fsp3) is 0. The minimum atomic E-state index is 1.11. The highest BCUT2D eigenvalue weighted by Gasteiger charge is 2.24. The molecule has 0 aliphatic carbocycles. The van der Waals surface area contributed by atoms with E-state index in [-0.39, 0.29) is 0 Å². The summed E-state index contributed by atoms with van der Waals surface area (Å²) in [6.45, 7) is 0. The van der Waals surface area contributed by atoms with Crippen molar-refractivity contribution in [1.29, 1.82) is 0 Å². The predicted molar refractivity (Wildman–Crippen MR) is 240 cm³/mol. The molecule has 0 radical (unpaired) electrons. The average Bonchev–Trinajstić information content (AvgIpc) is 3.92. The van der Waals surface area contributed by atoms with Gasteiger partial charge in [-0.1, -0.05) is 115 Å². The largest absolute Gasteiger partial charge is 0.309 e. The molecule has 9 aromatic carbocycles. The monoisotopic (exact) mass is 731 g/mol. The number of para-hydroxylation sites is 3. The zero-order chi connectivity index (χ0) is 36.7. The van der Waals surface area contributed by atoms with Crippen LogP contribution in [0, 0.1) is 0 Å². The van der Waals surface area contributed by atoms with Crippen molar-refractivity contribution in [2.45, 2.75) is 0 Å². The molecule has 0 unspecified atom stereocenters. The van der Waals surface area contributed by atoms with Gasteiger partial charge in [0.2, 0.25) is 0 Å². The Morgan fingerprint density at radius 3 is 1.75 bits per heavy atom. The van der Waals surface area contributed by atoms with Crippen LogP contribution in [-0.4, -0.2) is 9.13 Å². The van der Waals surface area contributed by atoms with Gasteiger partial charge in [0.05, 0.1) is 38.1 Å². The lowest BCUT2D eigenvalue weighted by atomic mass is 10.1. The van der Waals surface area contributed by atoms with E-state index in [1.165, 1.54) is 80.2 Å². The summed E-state index contributed by atoms with van der Waals surface area (Å²) in [5.41, 5.74) is 10.5. The van der Waals surface area contributed by atoms with Gasteiger partial charge in [-0.05, 0) is 95.7 Å². The zero-order valence-electron chi connectivity index (χ0n) is 30.3. The lowest BCUT2D eigenvalue weighted by Gasteiger charge is -2.27. The van der Waals surface area contributed by atoms with Crippen LogP contribution in [0.1, 0.15) is 0 Å². The van der Waals surface area contributed by atoms with Crippen molar-refractivity contribution < 1.29 is 0 Å². The minimum Gasteiger partial charge on any atom is -0.309 e. The van der Waals surface area contributed by atoms with Crippen molar-refractivity contribution >= 4 is 103 Å². The molecule has 0 aliphatic heterocycles. The Hall–Kier alpha value is -7.14. The van der Waals surface area contributed by atoms with E-state index in [1.807, 2.05) is 11.3 Å². The number of hydrogen-bond donors (Lipinski definition) is 0. The van der Waals surface area contributed by atoms with E-state index in [9.17, 15) is 0 Å². The molecule has 0 aliphatic rings. The number of nitrogens with zero attached hydrogens (tertiary/aromatic N) is 3. The van der Waals surface area contributed by atoms with E-state index in [0.29, 0.717) is 0 Å². The summed E-state index contributed by atoms with van der Waals surface area (Å²) in [7, 11) is 0. The number of thiophene rings is 1. The van der Waals surface area contributed by atoms with Crippen molar-refractivity contribution in [3.8, 4) is 11.4 Å². The van der Waals surface area contributed by atoms with Crippen molar-refractivity contribution in [3.63, 3.8) is 0 Å². The molecule has 0 saturated heterocycles. The fourth-order valence-electron chi connectivity index (χ4n) is 9.04. The van der Waals surface area contributed by atoms with Gasteiger partial charge in [0.1, 0.15) is 0 Å². The summed E-state index contributed by atoms with van der Waals surface area (Å²) in [6.07, 6.45) is 0. The van der Waals surface area contributed by atoms with Crippen LogP contribution in [0.25, 0.3) is 85.9 Å². The number of rotatable bonds is 5. The first kappa shape index (κ1) is 31.2. The Labute approximate surface area is 327 Å². The quantitative estimate of drug-likeness (QED) is 0.172. The first-order valence-corrected chi connectivity index (χ1v) is 19.9. The highest BCUT2D eigenvalue weighted by molar-refractivity contribution is 7.26. The maximum Gasteiger partial charge on any atom is 0.0640 e. The normalized spacial score (nSPS) is 11.9. The molecule has 3 aromatic heterocycles. The molecule has 0 bridgehead atoms. The Kier molecular flexibility index (Phi) is 6.80. The van der Waals surface area contributed by atoms with E-state index in [1.54, 1.807) is 0 Å². The standard InChI is InChI=1S/C52H33N3S/c1-2-16-36(17-3-1)53-45-23-10-7-20-42(45)51-46(53)24-13-25-47(51)55(48-26-12-21-41-40-19-8-11-27-50(40)56-52(41)48)38-30-28-37(29-31-38)54-44-22-9-6-18-39(44)43-32-34-14-4-5-15-35(34)33-49(43)54/h1-33H. The Morgan fingerprint density at radius 1 is 0.357 bits per heavy atom. The average molecular weight is 732 g/mol. The Morgan fingerprint density at radius 2 is 0.929 bits per heavy atom. The van der Waals surface area contributed by atoms with Crippen molar-refractivity contribution in [3.05, 3.63) is 200 Å². The smallest absolute Gasteiger partial charge is 0.0640 e. The van der Waals surface area contributed by atoms with Crippen LogP contribution >= 0.6 is 11.3 Å². The fourth-order valence-corrected chi connectivity index (χ4v) is 10.2. The molecule has 0 fully saturated rings. The maximum absolute atomic E-state index is 2.49. The molecule has 56 heavy (non-hydrogen) atoms. The number of benzene rings is 9. The van der Waals surface area contributed by atoms with E-state index in [0.717, 1.165) is 22.7 Å². The molecule has 0 atom stereocenters. The highest BCUT2D eigenvalue weighted by atomic mass is 32.1. The van der Waals surface area contributed by atoms with Gasteiger partial charge in [0, 0.05) is 54.1 Å². The summed E-state index contributed by atoms with van der Waals surface area (Å²) in [4.78, 5) is 2.49. The molecule has 0 saturated carbocycles. The maximum atomic E-state index is 2.49. The second-order valence-electron chi connectivity index (χ2n) is 14.5. The zero-order valence-corrected chi connectivity index (χ0v) is 31.1. The molecule has 0 N–H and O–H groups in total. The molecule has 3 heterocycles. The van der Waals surface area contributed by atoms with Gasteiger partial charge in [0.15, 0.2) is 0 Å². The summed E-state index contributed by atoms with van der Waals surface area (Å²) in [6, 6.07) is 73.2. The molecule has 12 rings (SSSR count). The Bertz CT molecular complexity index is 3480. The summed E-state index contributed by atoms with van der Waals surface area (Å²) < 4.78 is 7.40. The third kappa shape index (κ3) is 4.57. The van der Waals surface area contributed by atoms with Crippen LogP contribution in [0.2, 0.25) is 0 Å². The third-order valence-corrected chi connectivity index (χ3v) is 12.7. The van der Waals surface area contributed by atoms with E-state index in [2.05, 4.69) is 214 Å². The Balaban J connectivity index is 1.12. The third-order valence-electron chi connectivity index (χ3n) is 11.5. The van der Waals surface area contributed by atoms with E-state index < -0.39 is 0 Å². The number of hydrogen-bond acceptors (Lipinski definition) is 2. The van der Waals surface area contributed by atoms with Gasteiger partial charge in [-0.2, -0.15) is 0 Å². The second kappa shape index (κ2) is 12.2. The van der Waals surface area contributed by atoms with Gasteiger partial charge in [-0.25, -0.2) is 0 Å². The first-order chi connectivity index (χ1) is 27.8. The van der Waals surface area contributed by atoms with Crippen LogP contribution in [0.15, 0.2) is 200 Å². The predicted octanol–water partition coefficient (Wildman–Crippen LogP) is 14.9. The van der Waals surface area contributed by atoms with Gasteiger partial charge >= 0.3 is 0 Å². The molecular weight excluding hydrogens is 699 g/mol. The molecule has 0 amide bonds. The van der Waals surface area contributed by atoms with Crippen LogP contribution in [-0.2, 0) is 0 Å². The number of aromatic nitrogens is 2. The lowest BCUT2D eigenvalue weighted by molar-refractivity contribution is 1.17. The van der Waals surface area contributed by atoms with Crippen LogP contribution in [0.4, 0.5) is 17.1 Å². The number of anilines is 3. The summed E-state index contributed by atoms with van der Waals surface area (Å²) >= 11 is 1.87. The van der Waals surface area contributed by atoms with Crippen molar-refractivity contribution in [1.82, 2.24) is 9.13 Å². The van der Waals surface area contributed by atoms with Gasteiger partial charge < -0.3 is 14.0 Å². The van der Waals surface area contributed by atoms with Gasteiger partial charge in [-0.15, -0.1) is 11.3 Å². The molecular formula is C52H33N3S. The summed E-state index contributed by atoms with van der Waals surface area (Å²) in [5, 5.41) is 10.1. The molecule has 0 spiro atoms. The SMILES string of the molecule is c1ccc(-n2c3ccccc3c3c(N(c4ccc(-n5c6ccccc6c6cc7ccccc7cc65)cc4)c4cccc5c4sc4ccccc45)cccc32)cc1. The van der Waals surface area contributed by atoms with Crippen LogP contribution < -0.4 is 4.90 Å². The van der Waals surface area contributed by atoms with Gasteiger partial charge in [0.25, 0.3) is 0 Å². The lowest BCUT2D eigenvalue weighted by Crippen LogP contribution is -2.11. The van der Waals surface area contributed by atoms with Gasteiger partial charge in [-0.3, -0.25) is 0 Å². The topological polar surface area (TPSA) is 13.1 Å². The number of fused-ring (bicyclic) bond motifs is 10. The summed E-state index contributed by atoms with van der Waals surface area (Å²) in [5.74, 6) is 0. The van der Waals surface area contributed by atoms with E-state index in [4.69, 9.17) is 0 Å². The van der Waals surface area contributed by atoms with Crippen molar-refractivity contribution in [2.24, 2.45) is 0 Å². The minimum absolute atomic E-state index is 1.11. The van der Waals surface area contributed by atoms with Crippen LogP contribution in [0.5, 0.6) is 0 Å².